The van der Waals surface area contributed by atoms with E-state index in [1.807, 2.05) is 0 Å². The zero-order chi connectivity index (χ0) is 21.1. The van der Waals surface area contributed by atoms with Gasteiger partial charge < -0.3 is 15.4 Å². The number of thiophene rings is 1. The molecular weight excluding hydrogens is 469 g/mol. The molecule has 0 spiro atoms. The molecule has 12 heteroatoms. The molecule has 0 bridgehead atoms. The van der Waals surface area contributed by atoms with E-state index in [0.29, 0.717) is 10.6 Å². The predicted octanol–water partition coefficient (Wildman–Crippen LogP) is 4.00. The number of carbonyl (C=O) groups excluding carboxylic acids is 3. The van der Waals surface area contributed by atoms with E-state index in [1.54, 1.807) is 6.92 Å². The SMILES string of the molecule is CCOC(=O)c1c(N(S)C(=O)NC(NC(C)=O)C(Cl)(Cl)Cl)sc2c1CCCC2. The third-order valence-electron chi connectivity index (χ3n) is 3.96. The van der Waals surface area contributed by atoms with Crippen LogP contribution < -0.4 is 14.9 Å². The van der Waals surface area contributed by atoms with Crippen LogP contribution in [0.2, 0.25) is 0 Å². The van der Waals surface area contributed by atoms with Gasteiger partial charge in [0.1, 0.15) is 5.00 Å². The maximum Gasteiger partial charge on any atom is 0.341 e. The van der Waals surface area contributed by atoms with Crippen LogP contribution in [0.15, 0.2) is 0 Å². The average molecular weight is 489 g/mol. The number of nitrogens with one attached hydrogen (secondary N) is 2. The van der Waals surface area contributed by atoms with Gasteiger partial charge in [-0.1, -0.05) is 47.6 Å². The lowest BCUT2D eigenvalue weighted by Crippen LogP contribution is -2.56. The van der Waals surface area contributed by atoms with E-state index in [1.165, 1.54) is 18.3 Å². The van der Waals surface area contributed by atoms with E-state index in [4.69, 9.17) is 39.5 Å². The lowest BCUT2D eigenvalue weighted by molar-refractivity contribution is -0.119. The highest BCUT2D eigenvalue weighted by Crippen LogP contribution is 2.41. The number of carbonyl (C=O) groups is 3. The summed E-state index contributed by atoms with van der Waals surface area (Å²) in [4.78, 5) is 37.6. The number of esters is 1. The minimum absolute atomic E-state index is 0.208. The number of aryl methyl sites for hydroxylation is 1. The van der Waals surface area contributed by atoms with Crippen molar-refractivity contribution in [3.05, 3.63) is 16.0 Å². The molecule has 0 radical (unpaired) electrons. The topological polar surface area (TPSA) is 87.7 Å². The third-order valence-corrected chi connectivity index (χ3v) is 6.41. The van der Waals surface area contributed by atoms with Crippen LogP contribution in [0.1, 0.15) is 47.5 Å². The number of fused-ring (bicyclic) bond motifs is 1. The van der Waals surface area contributed by atoms with Crippen molar-refractivity contribution in [3.8, 4) is 0 Å². The standard InChI is InChI=1S/C16H20Cl3N3O4S2/c1-3-26-13(24)11-9-6-4-5-7-10(9)28-12(11)22(27)15(25)21-14(16(17,18)19)20-8(2)23/h14,27H,3-7H2,1-2H3,(H,20,23)(H,21,25). The molecule has 0 saturated heterocycles. The molecule has 1 aromatic heterocycles. The van der Waals surface area contributed by atoms with E-state index in [2.05, 4.69) is 23.4 Å². The Labute approximate surface area is 187 Å². The number of alkyl halides is 3. The molecule has 1 aromatic rings. The third kappa shape index (κ3) is 5.60. The largest absolute Gasteiger partial charge is 0.462 e. The molecule has 1 aliphatic carbocycles. The maximum absolute atomic E-state index is 12.7. The van der Waals surface area contributed by atoms with Crippen molar-refractivity contribution >= 4 is 81.9 Å². The van der Waals surface area contributed by atoms with E-state index in [-0.39, 0.29) is 6.61 Å². The second-order valence-electron chi connectivity index (χ2n) is 6.05. The Balaban J connectivity index is 2.32. The smallest absolute Gasteiger partial charge is 0.341 e. The van der Waals surface area contributed by atoms with Crippen molar-refractivity contribution in [1.29, 1.82) is 0 Å². The van der Waals surface area contributed by atoms with Crippen LogP contribution in [0.5, 0.6) is 0 Å². The monoisotopic (exact) mass is 487 g/mol. The summed E-state index contributed by atoms with van der Waals surface area (Å²) >= 11 is 23.0. The lowest BCUT2D eigenvalue weighted by atomic mass is 9.95. The first-order valence-electron chi connectivity index (χ1n) is 8.51. The first kappa shape index (κ1) is 23.4. The molecule has 156 valence electrons. The maximum atomic E-state index is 12.7. The van der Waals surface area contributed by atoms with Gasteiger partial charge in [-0.3, -0.25) is 4.79 Å². The highest BCUT2D eigenvalue weighted by atomic mass is 35.6. The van der Waals surface area contributed by atoms with Gasteiger partial charge in [-0.05, 0) is 38.2 Å². The Bertz CT molecular complexity index is 767. The molecule has 1 atom stereocenters. The van der Waals surface area contributed by atoms with Gasteiger partial charge >= 0.3 is 12.0 Å². The second kappa shape index (κ2) is 9.75. The highest BCUT2D eigenvalue weighted by Gasteiger charge is 2.37. The summed E-state index contributed by atoms with van der Waals surface area (Å²) in [6, 6.07) is -0.766. The van der Waals surface area contributed by atoms with Crippen LogP contribution in [0.25, 0.3) is 0 Å². The van der Waals surface area contributed by atoms with Crippen LogP contribution >= 0.6 is 59.0 Å². The number of halogens is 3. The Kier molecular flexibility index (Phi) is 8.16. The van der Waals surface area contributed by atoms with E-state index in [0.717, 1.165) is 40.4 Å². The number of amides is 3. The molecule has 0 aromatic carbocycles. The Morgan fingerprint density at radius 1 is 1.25 bits per heavy atom. The Morgan fingerprint density at radius 3 is 2.46 bits per heavy atom. The molecule has 1 aliphatic rings. The van der Waals surface area contributed by atoms with Crippen LogP contribution in [0.4, 0.5) is 9.80 Å². The minimum atomic E-state index is -1.99. The first-order valence-corrected chi connectivity index (χ1v) is 10.9. The number of anilines is 1. The fourth-order valence-electron chi connectivity index (χ4n) is 2.79. The summed E-state index contributed by atoms with van der Waals surface area (Å²) in [5, 5.41) is 5.08. The van der Waals surface area contributed by atoms with Crippen molar-refractivity contribution in [3.63, 3.8) is 0 Å². The molecule has 28 heavy (non-hydrogen) atoms. The highest BCUT2D eigenvalue weighted by molar-refractivity contribution is 7.83. The number of urea groups is 1. The average Bonchev–Trinajstić information content (AvgIpc) is 2.98. The van der Waals surface area contributed by atoms with Gasteiger partial charge in [0.25, 0.3) is 0 Å². The van der Waals surface area contributed by atoms with Crippen molar-refractivity contribution in [2.24, 2.45) is 0 Å². The van der Waals surface area contributed by atoms with E-state index >= 15 is 0 Å². The fourth-order valence-corrected chi connectivity index (χ4v) is 4.69. The molecular formula is C16H20Cl3N3O4S2. The number of nitrogens with zero attached hydrogens (tertiary/aromatic N) is 1. The van der Waals surface area contributed by atoms with Gasteiger partial charge in [-0.15, -0.1) is 11.3 Å². The van der Waals surface area contributed by atoms with Crippen LogP contribution in [0, 0.1) is 0 Å². The zero-order valence-electron chi connectivity index (χ0n) is 15.2. The number of hydrogen-bond acceptors (Lipinski definition) is 6. The van der Waals surface area contributed by atoms with E-state index < -0.39 is 27.9 Å². The summed E-state index contributed by atoms with van der Waals surface area (Å²) < 4.78 is 4.15. The van der Waals surface area contributed by atoms with Crippen LogP contribution in [-0.2, 0) is 22.4 Å². The van der Waals surface area contributed by atoms with Crippen LogP contribution in [-0.4, -0.2) is 34.5 Å². The second-order valence-corrected chi connectivity index (χ2v) is 9.90. The minimum Gasteiger partial charge on any atom is -0.462 e. The van der Waals surface area contributed by atoms with Gasteiger partial charge in [-0.25, -0.2) is 13.9 Å². The summed E-state index contributed by atoms with van der Waals surface area (Å²) in [6.45, 7) is 3.14. The molecule has 2 N–H and O–H groups in total. The molecule has 2 rings (SSSR count). The molecule has 1 unspecified atom stereocenters. The fraction of sp³-hybridized carbons (Fsp3) is 0.562. The van der Waals surface area contributed by atoms with Gasteiger partial charge in [0.15, 0.2) is 6.17 Å². The normalized spacial score (nSPS) is 14.6. The van der Waals surface area contributed by atoms with E-state index in [9.17, 15) is 14.4 Å². The van der Waals surface area contributed by atoms with Crippen molar-refractivity contribution in [2.75, 3.05) is 10.9 Å². The van der Waals surface area contributed by atoms with Crippen molar-refractivity contribution < 1.29 is 19.1 Å². The summed E-state index contributed by atoms with van der Waals surface area (Å²) in [5.41, 5.74) is 1.22. The predicted molar refractivity (Wildman–Crippen MR) is 115 cm³/mol. The first-order chi connectivity index (χ1) is 13.1. The molecule has 7 nitrogen and oxygen atoms in total. The van der Waals surface area contributed by atoms with Crippen molar-refractivity contribution in [2.45, 2.75) is 49.5 Å². The zero-order valence-corrected chi connectivity index (χ0v) is 19.2. The van der Waals surface area contributed by atoms with Gasteiger partial charge in [0, 0.05) is 11.8 Å². The Morgan fingerprint density at radius 2 is 1.89 bits per heavy atom. The van der Waals surface area contributed by atoms with Gasteiger partial charge in [0.2, 0.25) is 9.70 Å². The lowest BCUT2D eigenvalue weighted by Gasteiger charge is -2.27. The van der Waals surface area contributed by atoms with Gasteiger partial charge in [0.05, 0.1) is 12.2 Å². The quantitative estimate of drug-likeness (QED) is 0.253. The molecule has 0 saturated carbocycles. The Hall–Kier alpha value is -0.870. The number of thiol groups is 1. The summed E-state index contributed by atoms with van der Waals surface area (Å²) in [6.07, 6.45) is 2.21. The number of rotatable bonds is 5. The van der Waals surface area contributed by atoms with Crippen molar-refractivity contribution in [1.82, 2.24) is 10.6 Å². The summed E-state index contributed by atoms with van der Waals surface area (Å²) in [5.74, 6) is -1.01. The summed E-state index contributed by atoms with van der Waals surface area (Å²) in [7, 11) is 0. The van der Waals surface area contributed by atoms with Gasteiger partial charge in [-0.2, -0.15) is 0 Å². The van der Waals surface area contributed by atoms with Crippen LogP contribution in [0.3, 0.4) is 0 Å². The molecule has 0 fully saturated rings. The molecule has 1 heterocycles. The molecule has 3 amide bonds. The number of hydrogen-bond donors (Lipinski definition) is 3. The number of ether oxygens (including phenoxy) is 1. The molecule has 0 aliphatic heterocycles.